The summed E-state index contributed by atoms with van der Waals surface area (Å²) in [6.07, 6.45) is 1.36. The predicted molar refractivity (Wildman–Crippen MR) is 67.8 cm³/mol. The highest BCUT2D eigenvalue weighted by Crippen LogP contribution is 2.15. The highest BCUT2D eigenvalue weighted by atomic mass is 16.6. The van der Waals surface area contributed by atoms with Crippen LogP contribution in [0, 0.1) is 10.1 Å². The molecule has 1 aromatic carbocycles. The highest BCUT2D eigenvalue weighted by molar-refractivity contribution is 6.24. The van der Waals surface area contributed by atoms with E-state index in [1.54, 1.807) is 13.8 Å². The Morgan fingerprint density at radius 1 is 1.32 bits per heavy atom. The van der Waals surface area contributed by atoms with Crippen LogP contribution in [0.25, 0.3) is 0 Å². The second-order valence-corrected chi connectivity index (χ2v) is 3.56. The van der Waals surface area contributed by atoms with Gasteiger partial charge in [0.1, 0.15) is 5.57 Å². The summed E-state index contributed by atoms with van der Waals surface area (Å²) in [5.41, 5.74) is -0.00262. The van der Waals surface area contributed by atoms with Crippen molar-refractivity contribution >= 4 is 17.4 Å². The molecule has 0 heterocycles. The maximum absolute atomic E-state index is 12.0. The summed E-state index contributed by atoms with van der Waals surface area (Å²) in [7, 11) is 0. The maximum atomic E-state index is 12.0. The molecule has 0 saturated heterocycles. The van der Waals surface area contributed by atoms with Crippen molar-refractivity contribution in [2.75, 3.05) is 6.61 Å². The average Bonchev–Trinajstić information content (AvgIpc) is 2.39. The lowest BCUT2D eigenvalue weighted by Crippen LogP contribution is -2.16. The van der Waals surface area contributed by atoms with Crippen LogP contribution >= 0.6 is 0 Å². The minimum absolute atomic E-state index is 0.0873. The van der Waals surface area contributed by atoms with Gasteiger partial charge in [-0.1, -0.05) is 6.08 Å². The number of ether oxygens (including phenoxy) is 1. The first-order chi connectivity index (χ1) is 9.01. The number of carbonyl (C=O) groups excluding carboxylic acids is 2. The van der Waals surface area contributed by atoms with Crippen molar-refractivity contribution in [3.05, 3.63) is 51.6 Å². The number of esters is 1. The number of nitro benzene ring substituents is 1. The normalized spacial score (nSPS) is 10.9. The molecular weight excluding hydrogens is 250 g/mol. The van der Waals surface area contributed by atoms with Crippen molar-refractivity contribution in [3.63, 3.8) is 0 Å². The van der Waals surface area contributed by atoms with E-state index in [9.17, 15) is 19.7 Å². The number of hydrogen-bond acceptors (Lipinski definition) is 5. The quantitative estimate of drug-likeness (QED) is 0.155. The molecule has 100 valence electrons. The van der Waals surface area contributed by atoms with Gasteiger partial charge in [-0.15, -0.1) is 0 Å². The lowest BCUT2D eigenvalue weighted by atomic mass is 10.0. The van der Waals surface area contributed by atoms with Crippen LogP contribution in [0.15, 0.2) is 35.9 Å². The standard InChI is InChI=1S/C13H13NO5/c1-3-11(13(16)19-4-2)12(15)9-5-7-10(8-6-9)14(17)18/h3,5-8H,4H2,1-2H3/b11-3-. The van der Waals surface area contributed by atoms with Gasteiger partial charge in [0.05, 0.1) is 11.5 Å². The molecular formula is C13H13NO5. The van der Waals surface area contributed by atoms with Crippen LogP contribution in [-0.2, 0) is 9.53 Å². The van der Waals surface area contributed by atoms with Crippen LogP contribution in [0.2, 0.25) is 0 Å². The van der Waals surface area contributed by atoms with E-state index in [0.717, 1.165) is 0 Å². The minimum atomic E-state index is -0.701. The van der Waals surface area contributed by atoms with E-state index in [2.05, 4.69) is 0 Å². The molecule has 1 rings (SSSR count). The first kappa shape index (κ1) is 14.6. The zero-order valence-electron chi connectivity index (χ0n) is 10.6. The van der Waals surface area contributed by atoms with Gasteiger partial charge in [0, 0.05) is 17.7 Å². The van der Waals surface area contributed by atoms with Gasteiger partial charge < -0.3 is 4.74 Å². The fourth-order valence-electron chi connectivity index (χ4n) is 1.44. The molecule has 19 heavy (non-hydrogen) atoms. The molecule has 0 aliphatic carbocycles. The van der Waals surface area contributed by atoms with E-state index in [1.807, 2.05) is 0 Å². The maximum Gasteiger partial charge on any atom is 0.341 e. The molecule has 0 N–H and O–H groups in total. The molecule has 6 nitrogen and oxygen atoms in total. The summed E-state index contributed by atoms with van der Waals surface area (Å²) in [5.74, 6) is -1.22. The molecule has 1 aromatic rings. The Balaban J connectivity index is 2.99. The topological polar surface area (TPSA) is 86.5 Å². The molecule has 0 saturated carbocycles. The third-order valence-electron chi connectivity index (χ3n) is 2.37. The van der Waals surface area contributed by atoms with Crippen LogP contribution in [0.3, 0.4) is 0 Å². The Hall–Kier alpha value is -2.50. The average molecular weight is 263 g/mol. The van der Waals surface area contributed by atoms with Crippen LogP contribution in [0.4, 0.5) is 5.69 Å². The Morgan fingerprint density at radius 3 is 2.32 bits per heavy atom. The second-order valence-electron chi connectivity index (χ2n) is 3.56. The fraction of sp³-hybridized carbons (Fsp3) is 0.231. The molecule has 0 spiro atoms. The van der Waals surface area contributed by atoms with Gasteiger partial charge in [0.25, 0.3) is 5.69 Å². The number of hydrogen-bond donors (Lipinski definition) is 0. The molecule has 0 fully saturated rings. The van der Waals surface area contributed by atoms with Crippen LogP contribution in [0.5, 0.6) is 0 Å². The lowest BCUT2D eigenvalue weighted by Gasteiger charge is -2.05. The Bertz CT molecular complexity index is 530. The monoisotopic (exact) mass is 263 g/mol. The van der Waals surface area contributed by atoms with Crippen molar-refractivity contribution in [1.82, 2.24) is 0 Å². The van der Waals surface area contributed by atoms with Gasteiger partial charge in [0.2, 0.25) is 0 Å². The summed E-state index contributed by atoms with van der Waals surface area (Å²) >= 11 is 0. The summed E-state index contributed by atoms with van der Waals surface area (Å²) in [5, 5.41) is 10.5. The smallest absolute Gasteiger partial charge is 0.341 e. The van der Waals surface area contributed by atoms with Crippen LogP contribution in [-0.4, -0.2) is 23.3 Å². The molecule has 0 atom stereocenters. The van der Waals surface area contributed by atoms with Crippen molar-refractivity contribution in [2.45, 2.75) is 13.8 Å². The fourth-order valence-corrected chi connectivity index (χ4v) is 1.44. The van der Waals surface area contributed by atoms with E-state index < -0.39 is 16.7 Å². The number of ketones is 1. The lowest BCUT2D eigenvalue weighted by molar-refractivity contribution is -0.384. The summed E-state index contributed by atoms with van der Waals surface area (Å²) in [6, 6.07) is 5.05. The Morgan fingerprint density at radius 2 is 1.89 bits per heavy atom. The van der Waals surface area contributed by atoms with E-state index >= 15 is 0 Å². The van der Waals surface area contributed by atoms with Crippen LogP contribution in [0.1, 0.15) is 24.2 Å². The number of nitro groups is 1. The first-order valence-electron chi connectivity index (χ1n) is 5.63. The van der Waals surface area contributed by atoms with E-state index in [4.69, 9.17) is 4.74 Å². The zero-order chi connectivity index (χ0) is 14.4. The van der Waals surface area contributed by atoms with E-state index in [0.29, 0.717) is 0 Å². The molecule has 0 aliphatic rings. The largest absolute Gasteiger partial charge is 0.462 e. The molecule has 0 bridgehead atoms. The van der Waals surface area contributed by atoms with Crippen molar-refractivity contribution in [3.8, 4) is 0 Å². The number of nitrogens with zero attached hydrogens (tertiary/aromatic N) is 1. The van der Waals surface area contributed by atoms with Gasteiger partial charge in [-0.05, 0) is 26.0 Å². The van der Waals surface area contributed by atoms with E-state index in [-0.39, 0.29) is 23.4 Å². The number of benzene rings is 1. The van der Waals surface area contributed by atoms with Crippen LogP contribution < -0.4 is 0 Å². The summed E-state index contributed by atoms with van der Waals surface area (Å²) < 4.78 is 4.76. The van der Waals surface area contributed by atoms with Crippen molar-refractivity contribution in [2.24, 2.45) is 0 Å². The number of allylic oxidation sites excluding steroid dienone is 1. The van der Waals surface area contributed by atoms with E-state index in [1.165, 1.54) is 30.3 Å². The number of Topliss-reactive ketones (excluding diaryl/α,β-unsaturated/α-hetero) is 1. The number of rotatable bonds is 5. The Kier molecular flexibility index (Phi) is 4.93. The molecule has 6 heteroatoms. The number of non-ortho nitro benzene ring substituents is 1. The van der Waals surface area contributed by atoms with Gasteiger partial charge in [0.15, 0.2) is 5.78 Å². The summed E-state index contributed by atoms with van der Waals surface area (Å²) in [4.78, 5) is 33.5. The highest BCUT2D eigenvalue weighted by Gasteiger charge is 2.20. The third kappa shape index (κ3) is 3.48. The third-order valence-corrected chi connectivity index (χ3v) is 2.37. The molecule has 0 amide bonds. The van der Waals surface area contributed by atoms with Gasteiger partial charge in [-0.25, -0.2) is 4.79 Å². The number of carbonyl (C=O) groups is 2. The Labute approximate surface area is 109 Å². The summed E-state index contributed by atoms with van der Waals surface area (Å²) in [6.45, 7) is 3.36. The van der Waals surface area contributed by atoms with Gasteiger partial charge in [-0.3, -0.25) is 14.9 Å². The molecule has 0 aromatic heterocycles. The minimum Gasteiger partial charge on any atom is -0.462 e. The SMILES string of the molecule is C/C=C(\C(=O)OCC)C(=O)c1ccc([N+](=O)[O-])cc1. The van der Waals surface area contributed by atoms with Gasteiger partial charge in [-0.2, -0.15) is 0 Å². The van der Waals surface area contributed by atoms with Gasteiger partial charge >= 0.3 is 5.97 Å². The zero-order valence-corrected chi connectivity index (χ0v) is 10.6. The van der Waals surface area contributed by atoms with Crippen molar-refractivity contribution < 1.29 is 19.2 Å². The van der Waals surface area contributed by atoms with Crippen molar-refractivity contribution in [1.29, 1.82) is 0 Å². The molecule has 0 aliphatic heterocycles. The predicted octanol–water partition coefficient (Wildman–Crippen LogP) is 2.29. The first-order valence-corrected chi connectivity index (χ1v) is 5.63. The molecule has 0 unspecified atom stereocenters. The second kappa shape index (κ2) is 6.44. The molecule has 0 radical (unpaired) electrons.